The molecule has 1 N–H and O–H groups in total. The topological polar surface area (TPSA) is 64.6 Å². The van der Waals surface area contributed by atoms with Crippen molar-refractivity contribution in [3.63, 3.8) is 0 Å². The molecule has 1 amide bonds. The maximum atomic E-state index is 11.7. The summed E-state index contributed by atoms with van der Waals surface area (Å²) in [6.07, 6.45) is 3.21. The lowest BCUT2D eigenvalue weighted by atomic mass is 10.0. The van der Waals surface area contributed by atoms with Gasteiger partial charge in [0.25, 0.3) is 0 Å². The molecule has 0 aliphatic rings. The average Bonchev–Trinajstić information content (AvgIpc) is 2.22. The molecule has 0 saturated heterocycles. The minimum absolute atomic E-state index is 0.255. The Balaban J connectivity index is 4.56. The van der Waals surface area contributed by atoms with E-state index in [1.165, 1.54) is 6.08 Å². The van der Waals surface area contributed by atoms with Gasteiger partial charge in [-0.2, -0.15) is 0 Å². The van der Waals surface area contributed by atoms with Crippen LogP contribution in [0.5, 0.6) is 0 Å². The molecule has 0 saturated carbocycles. The maximum Gasteiger partial charge on any atom is 0.408 e. The Labute approximate surface area is 121 Å². The predicted molar refractivity (Wildman–Crippen MR) is 78.4 cm³/mol. The van der Waals surface area contributed by atoms with Gasteiger partial charge in [0, 0.05) is 6.08 Å². The van der Waals surface area contributed by atoms with Crippen LogP contribution in [-0.4, -0.2) is 30.3 Å². The van der Waals surface area contributed by atoms with Crippen LogP contribution in [0.25, 0.3) is 0 Å². The molecule has 0 radical (unpaired) electrons. The quantitative estimate of drug-likeness (QED) is 0.602. The van der Waals surface area contributed by atoms with E-state index in [1.54, 1.807) is 33.8 Å². The first-order valence-corrected chi connectivity index (χ1v) is 6.98. The van der Waals surface area contributed by atoms with Crippen molar-refractivity contribution in [2.45, 2.75) is 59.6 Å². The average molecular weight is 285 g/mol. The van der Waals surface area contributed by atoms with E-state index in [9.17, 15) is 9.59 Å². The molecule has 116 valence electrons. The summed E-state index contributed by atoms with van der Waals surface area (Å²) in [6, 6.07) is -0.255. The number of esters is 1. The molecule has 0 spiro atoms. The summed E-state index contributed by atoms with van der Waals surface area (Å²) in [4.78, 5) is 23.0. The van der Waals surface area contributed by atoms with Crippen molar-refractivity contribution in [2.24, 2.45) is 5.92 Å². The van der Waals surface area contributed by atoms with Crippen molar-refractivity contribution < 1.29 is 19.1 Å². The lowest BCUT2D eigenvalue weighted by molar-refractivity contribution is -0.137. The molecular formula is C15H27NO4. The second kappa shape index (κ2) is 8.61. The van der Waals surface area contributed by atoms with Gasteiger partial charge in [-0.15, -0.1) is 0 Å². The van der Waals surface area contributed by atoms with Gasteiger partial charge < -0.3 is 14.8 Å². The molecule has 0 aromatic carbocycles. The van der Waals surface area contributed by atoms with Gasteiger partial charge in [-0.05, 0) is 40.0 Å². The number of ether oxygens (including phenoxy) is 2. The first-order chi connectivity index (χ1) is 9.14. The summed E-state index contributed by atoms with van der Waals surface area (Å²) in [6.45, 7) is 11.6. The molecule has 0 unspecified atom stereocenters. The number of amides is 1. The zero-order valence-electron chi connectivity index (χ0n) is 13.4. The Bertz CT molecular complexity index is 342. The molecule has 0 aromatic heterocycles. The number of hydrogen-bond acceptors (Lipinski definition) is 4. The van der Waals surface area contributed by atoms with Gasteiger partial charge in [-0.25, -0.2) is 9.59 Å². The molecular weight excluding hydrogens is 258 g/mol. The fraction of sp³-hybridized carbons (Fsp3) is 0.733. The fourth-order valence-electron chi connectivity index (χ4n) is 1.54. The molecule has 5 heteroatoms. The van der Waals surface area contributed by atoms with E-state index < -0.39 is 17.7 Å². The Morgan fingerprint density at radius 2 is 1.85 bits per heavy atom. The molecule has 0 aliphatic carbocycles. The van der Waals surface area contributed by atoms with Crippen LogP contribution in [0.1, 0.15) is 48.0 Å². The van der Waals surface area contributed by atoms with Crippen LogP contribution in [0.4, 0.5) is 4.79 Å². The minimum Gasteiger partial charge on any atom is -0.463 e. The van der Waals surface area contributed by atoms with Crippen LogP contribution in [0.2, 0.25) is 0 Å². The van der Waals surface area contributed by atoms with Crippen LogP contribution < -0.4 is 5.32 Å². The molecule has 0 bridgehead atoms. The van der Waals surface area contributed by atoms with E-state index in [2.05, 4.69) is 5.32 Å². The third kappa shape index (κ3) is 10.4. The summed E-state index contributed by atoms with van der Waals surface area (Å²) in [5.74, 6) is -0.0333. The lowest BCUT2D eigenvalue weighted by Crippen LogP contribution is -2.38. The van der Waals surface area contributed by atoms with Crippen molar-refractivity contribution >= 4 is 12.1 Å². The summed E-state index contributed by atoms with van der Waals surface area (Å²) in [7, 11) is 0. The maximum absolute atomic E-state index is 11.7. The Hall–Kier alpha value is -1.52. The van der Waals surface area contributed by atoms with Gasteiger partial charge in [0.15, 0.2) is 0 Å². The number of rotatable bonds is 6. The number of carbonyl (C=O) groups is 2. The molecule has 1 atom stereocenters. The Morgan fingerprint density at radius 3 is 2.30 bits per heavy atom. The zero-order chi connectivity index (χ0) is 15.8. The van der Waals surface area contributed by atoms with Gasteiger partial charge >= 0.3 is 12.1 Å². The van der Waals surface area contributed by atoms with Gasteiger partial charge in [-0.3, -0.25) is 0 Å². The molecule has 5 nitrogen and oxygen atoms in total. The highest BCUT2D eigenvalue weighted by molar-refractivity contribution is 5.82. The molecule has 0 aliphatic heterocycles. The van der Waals surface area contributed by atoms with Crippen LogP contribution >= 0.6 is 0 Å². The van der Waals surface area contributed by atoms with Crippen LogP contribution in [0.15, 0.2) is 12.2 Å². The van der Waals surface area contributed by atoms with E-state index in [1.807, 2.05) is 13.8 Å². The summed E-state index contributed by atoms with van der Waals surface area (Å²) >= 11 is 0. The largest absolute Gasteiger partial charge is 0.463 e. The normalized spacial score (nSPS) is 13.3. The Morgan fingerprint density at radius 1 is 1.25 bits per heavy atom. The molecule has 0 heterocycles. The number of hydrogen-bond donors (Lipinski definition) is 1. The van der Waals surface area contributed by atoms with E-state index in [0.29, 0.717) is 12.5 Å². The van der Waals surface area contributed by atoms with Gasteiger partial charge in [0.2, 0.25) is 0 Å². The van der Waals surface area contributed by atoms with Crippen LogP contribution in [0, 0.1) is 5.92 Å². The van der Waals surface area contributed by atoms with Gasteiger partial charge in [-0.1, -0.05) is 19.9 Å². The first kappa shape index (κ1) is 18.5. The van der Waals surface area contributed by atoms with Crippen LogP contribution in [0.3, 0.4) is 0 Å². The Kier molecular flexibility index (Phi) is 7.96. The second-order valence-corrected chi connectivity index (χ2v) is 5.99. The summed E-state index contributed by atoms with van der Waals surface area (Å²) in [5.41, 5.74) is -0.544. The highest BCUT2D eigenvalue weighted by Crippen LogP contribution is 2.10. The van der Waals surface area contributed by atoms with E-state index >= 15 is 0 Å². The molecule has 0 fully saturated rings. The van der Waals surface area contributed by atoms with Gasteiger partial charge in [0.05, 0.1) is 12.6 Å². The highest BCUT2D eigenvalue weighted by atomic mass is 16.6. The number of alkyl carbamates (subject to hydrolysis) is 1. The van der Waals surface area contributed by atoms with E-state index in [-0.39, 0.29) is 6.04 Å². The smallest absolute Gasteiger partial charge is 0.408 e. The standard InChI is InChI=1S/C15H27NO4/c1-7-19-13(17)9-8-12(10-11(2)3)16-14(18)20-15(4,5)6/h8-9,11-12H,7,10H2,1-6H3,(H,16,18)/t12-/m0/s1. The number of carbonyl (C=O) groups excluding carboxylic acids is 2. The molecule has 20 heavy (non-hydrogen) atoms. The molecule has 0 rings (SSSR count). The summed E-state index contributed by atoms with van der Waals surface area (Å²) in [5, 5.41) is 2.75. The fourth-order valence-corrected chi connectivity index (χ4v) is 1.54. The van der Waals surface area contributed by atoms with Gasteiger partial charge in [0.1, 0.15) is 5.60 Å². The van der Waals surface area contributed by atoms with Crippen molar-refractivity contribution in [3.05, 3.63) is 12.2 Å². The highest BCUT2D eigenvalue weighted by Gasteiger charge is 2.19. The molecule has 0 aromatic rings. The lowest BCUT2D eigenvalue weighted by Gasteiger charge is -2.23. The van der Waals surface area contributed by atoms with E-state index in [0.717, 1.165) is 6.42 Å². The first-order valence-electron chi connectivity index (χ1n) is 6.98. The SMILES string of the molecule is CCOC(=O)C=C[C@@H](CC(C)C)NC(=O)OC(C)(C)C. The minimum atomic E-state index is -0.544. The monoisotopic (exact) mass is 285 g/mol. The van der Waals surface area contributed by atoms with Crippen molar-refractivity contribution in [2.75, 3.05) is 6.61 Å². The predicted octanol–water partition coefficient (Wildman–Crippen LogP) is 3.05. The third-order valence-corrected chi connectivity index (χ3v) is 2.18. The second-order valence-electron chi connectivity index (χ2n) is 5.99. The summed E-state index contributed by atoms with van der Waals surface area (Å²) < 4.78 is 10.0. The number of nitrogens with one attached hydrogen (secondary N) is 1. The van der Waals surface area contributed by atoms with Crippen molar-refractivity contribution in [3.8, 4) is 0 Å². The van der Waals surface area contributed by atoms with E-state index in [4.69, 9.17) is 9.47 Å². The van der Waals surface area contributed by atoms with Crippen molar-refractivity contribution in [1.82, 2.24) is 5.32 Å². The third-order valence-electron chi connectivity index (χ3n) is 2.18. The zero-order valence-corrected chi connectivity index (χ0v) is 13.4. The van der Waals surface area contributed by atoms with Crippen LogP contribution in [-0.2, 0) is 14.3 Å². The van der Waals surface area contributed by atoms with Crippen molar-refractivity contribution in [1.29, 1.82) is 0 Å².